The highest BCUT2D eigenvalue weighted by Crippen LogP contribution is 2.31. The normalized spacial score (nSPS) is 23.9. The Bertz CT molecular complexity index is 583. The fourth-order valence-corrected chi connectivity index (χ4v) is 6.56. The van der Waals surface area contributed by atoms with Crippen molar-refractivity contribution in [2.45, 2.75) is 89.1 Å². The Morgan fingerprint density at radius 2 is 1.69 bits per heavy atom. The molecule has 0 amide bonds. The number of halogens is 2. The SMILES string of the molecule is C1=C(CSC(=NC2CCCCCCC2)NC2CCCCC2)N2CCN=C2S1.Cl.Cl. The summed E-state index contributed by atoms with van der Waals surface area (Å²) in [6.45, 7) is 2.01. The fourth-order valence-electron chi connectivity index (χ4n) is 4.50. The van der Waals surface area contributed by atoms with Crippen molar-refractivity contribution >= 4 is 58.7 Å². The number of hydrogen-bond acceptors (Lipinski definition) is 5. The quantitative estimate of drug-likeness (QED) is 0.384. The van der Waals surface area contributed by atoms with Gasteiger partial charge in [0.2, 0.25) is 0 Å². The van der Waals surface area contributed by atoms with Crippen molar-refractivity contribution in [2.24, 2.45) is 9.98 Å². The molecule has 0 saturated heterocycles. The largest absolute Gasteiger partial charge is 0.362 e. The molecule has 0 aromatic heterocycles. The van der Waals surface area contributed by atoms with E-state index in [4.69, 9.17) is 4.99 Å². The second-order valence-electron chi connectivity index (χ2n) is 8.24. The van der Waals surface area contributed by atoms with Crippen molar-refractivity contribution in [2.75, 3.05) is 18.8 Å². The molecule has 4 rings (SSSR count). The van der Waals surface area contributed by atoms with E-state index in [9.17, 15) is 0 Å². The van der Waals surface area contributed by atoms with E-state index in [-0.39, 0.29) is 24.8 Å². The Morgan fingerprint density at radius 3 is 2.45 bits per heavy atom. The maximum absolute atomic E-state index is 5.26. The summed E-state index contributed by atoms with van der Waals surface area (Å²) < 4.78 is 0. The lowest BCUT2D eigenvalue weighted by Crippen LogP contribution is -2.36. The molecule has 2 aliphatic heterocycles. The van der Waals surface area contributed by atoms with Crippen LogP contribution in [-0.2, 0) is 0 Å². The highest BCUT2D eigenvalue weighted by molar-refractivity contribution is 8.17. The van der Waals surface area contributed by atoms with Crippen molar-refractivity contribution in [1.82, 2.24) is 10.2 Å². The van der Waals surface area contributed by atoms with Crippen LogP contribution in [0.2, 0.25) is 0 Å². The second kappa shape index (κ2) is 13.4. The predicted molar refractivity (Wildman–Crippen MR) is 135 cm³/mol. The Balaban J connectivity index is 0.00000150. The zero-order valence-electron chi connectivity index (χ0n) is 17.3. The van der Waals surface area contributed by atoms with Crippen LogP contribution < -0.4 is 5.32 Å². The van der Waals surface area contributed by atoms with Crippen LogP contribution in [-0.4, -0.2) is 46.2 Å². The number of rotatable bonds is 4. The van der Waals surface area contributed by atoms with Crippen LogP contribution in [0, 0.1) is 0 Å². The first-order chi connectivity index (χ1) is 13.4. The monoisotopic (exact) mass is 478 g/mol. The molecule has 0 radical (unpaired) electrons. The van der Waals surface area contributed by atoms with Gasteiger partial charge in [-0.3, -0.25) is 9.98 Å². The molecule has 29 heavy (non-hydrogen) atoms. The molecular formula is C21H36Cl2N4S2. The molecular weight excluding hydrogens is 443 g/mol. The van der Waals surface area contributed by atoms with Crippen LogP contribution >= 0.6 is 48.3 Å². The minimum atomic E-state index is 0. The molecule has 2 saturated carbocycles. The first kappa shape index (κ1) is 25.2. The van der Waals surface area contributed by atoms with Gasteiger partial charge in [0.25, 0.3) is 0 Å². The highest BCUT2D eigenvalue weighted by Gasteiger charge is 2.26. The van der Waals surface area contributed by atoms with Gasteiger partial charge in [0.15, 0.2) is 10.3 Å². The second-order valence-corrected chi connectivity index (χ2v) is 10.0. The first-order valence-corrected chi connectivity index (χ1v) is 12.9. The third-order valence-corrected chi connectivity index (χ3v) is 8.00. The molecule has 2 aliphatic carbocycles. The number of fused-ring (bicyclic) bond motifs is 1. The van der Waals surface area contributed by atoms with E-state index in [1.807, 2.05) is 11.8 Å². The summed E-state index contributed by atoms with van der Waals surface area (Å²) in [5.74, 6) is 1.01. The number of thioether (sulfide) groups is 2. The molecule has 0 unspecified atom stereocenters. The molecule has 0 bridgehead atoms. The summed E-state index contributed by atoms with van der Waals surface area (Å²) in [7, 11) is 0. The molecule has 1 N–H and O–H groups in total. The van der Waals surface area contributed by atoms with Gasteiger partial charge in [-0.05, 0) is 31.1 Å². The van der Waals surface area contributed by atoms with Gasteiger partial charge in [0.05, 0.1) is 12.6 Å². The van der Waals surface area contributed by atoms with E-state index in [1.54, 1.807) is 11.8 Å². The molecule has 2 heterocycles. The van der Waals surface area contributed by atoms with Crippen LogP contribution in [0.15, 0.2) is 21.1 Å². The van der Waals surface area contributed by atoms with Crippen molar-refractivity contribution < 1.29 is 0 Å². The molecule has 0 aromatic rings. The summed E-state index contributed by atoms with van der Waals surface area (Å²) in [5.41, 5.74) is 1.41. The van der Waals surface area contributed by atoms with Crippen molar-refractivity contribution in [1.29, 1.82) is 0 Å². The lowest BCUT2D eigenvalue weighted by atomic mass is 9.96. The van der Waals surface area contributed by atoms with Crippen molar-refractivity contribution in [3.05, 3.63) is 11.1 Å². The number of amidine groups is 2. The smallest absolute Gasteiger partial charge is 0.167 e. The average molecular weight is 480 g/mol. The molecule has 0 spiro atoms. The third-order valence-electron chi connectivity index (χ3n) is 6.11. The van der Waals surface area contributed by atoms with Gasteiger partial charge >= 0.3 is 0 Å². The number of nitrogens with zero attached hydrogens (tertiary/aromatic N) is 3. The molecule has 0 aromatic carbocycles. The highest BCUT2D eigenvalue weighted by atomic mass is 35.5. The minimum Gasteiger partial charge on any atom is -0.362 e. The van der Waals surface area contributed by atoms with Crippen LogP contribution in [0.25, 0.3) is 0 Å². The van der Waals surface area contributed by atoms with Gasteiger partial charge in [-0.2, -0.15) is 0 Å². The van der Waals surface area contributed by atoms with E-state index < -0.39 is 0 Å². The molecule has 0 atom stereocenters. The first-order valence-electron chi connectivity index (χ1n) is 11.0. The summed E-state index contributed by atoms with van der Waals surface area (Å²) in [5, 5.41) is 8.55. The van der Waals surface area contributed by atoms with Crippen LogP contribution in [0.5, 0.6) is 0 Å². The van der Waals surface area contributed by atoms with Gasteiger partial charge in [-0.1, -0.05) is 74.9 Å². The van der Waals surface area contributed by atoms with Gasteiger partial charge in [-0.25, -0.2) is 0 Å². The van der Waals surface area contributed by atoms with Crippen molar-refractivity contribution in [3.8, 4) is 0 Å². The number of nitrogens with one attached hydrogen (secondary N) is 1. The Labute approximate surface area is 197 Å². The lowest BCUT2D eigenvalue weighted by Gasteiger charge is -2.26. The molecule has 2 fully saturated rings. The van der Waals surface area contributed by atoms with Gasteiger partial charge in [0, 0.05) is 24.0 Å². The van der Waals surface area contributed by atoms with E-state index >= 15 is 0 Å². The maximum Gasteiger partial charge on any atom is 0.167 e. The summed E-state index contributed by atoms with van der Waals surface area (Å²) in [4.78, 5) is 12.2. The fraction of sp³-hybridized carbons (Fsp3) is 0.810. The number of hydrogen-bond donors (Lipinski definition) is 1. The van der Waals surface area contributed by atoms with Crippen LogP contribution in [0.4, 0.5) is 0 Å². The van der Waals surface area contributed by atoms with Crippen LogP contribution in [0.1, 0.15) is 77.0 Å². The number of aliphatic imine (C=N–C) groups is 2. The Hall–Kier alpha value is -0.0400. The van der Waals surface area contributed by atoms with Gasteiger partial charge in [0.1, 0.15) is 0 Å². The Morgan fingerprint density at radius 1 is 1.03 bits per heavy atom. The van der Waals surface area contributed by atoms with Gasteiger partial charge in [-0.15, -0.1) is 24.8 Å². The predicted octanol–water partition coefficient (Wildman–Crippen LogP) is 6.21. The molecule has 8 heteroatoms. The summed E-state index contributed by atoms with van der Waals surface area (Å²) in [6, 6.07) is 1.16. The standard InChI is InChI=1S/C21H34N4S2.2ClH/c1-2-5-9-17(10-6-3-1)23-20(24-18-11-7-4-8-12-18)26-15-19-16-27-21-22-13-14-25(19)21;;/h16-18H,1-15H2,(H,23,24);2*1H. The van der Waals surface area contributed by atoms with Gasteiger partial charge < -0.3 is 10.2 Å². The average Bonchev–Trinajstić information content (AvgIpc) is 3.27. The molecule has 4 nitrogen and oxygen atoms in total. The summed E-state index contributed by atoms with van der Waals surface area (Å²) >= 11 is 3.72. The van der Waals surface area contributed by atoms with E-state index in [0.717, 1.165) is 18.8 Å². The minimum absolute atomic E-state index is 0. The Kier molecular flexibility index (Phi) is 11.6. The topological polar surface area (TPSA) is 40.0 Å². The van der Waals surface area contributed by atoms with E-state index in [0.29, 0.717) is 12.1 Å². The van der Waals surface area contributed by atoms with E-state index in [1.165, 1.54) is 93.1 Å². The molecule has 166 valence electrons. The summed E-state index contributed by atoms with van der Waals surface area (Å²) in [6.07, 6.45) is 16.2. The van der Waals surface area contributed by atoms with E-state index in [2.05, 4.69) is 20.6 Å². The lowest BCUT2D eigenvalue weighted by molar-refractivity contribution is 0.412. The van der Waals surface area contributed by atoms with Crippen molar-refractivity contribution in [3.63, 3.8) is 0 Å². The maximum atomic E-state index is 5.26. The van der Waals surface area contributed by atoms with Crippen LogP contribution in [0.3, 0.4) is 0 Å². The molecule has 4 aliphatic rings. The zero-order chi connectivity index (χ0) is 18.3. The third kappa shape index (κ3) is 7.55. The zero-order valence-corrected chi connectivity index (χ0v) is 20.6.